The van der Waals surface area contributed by atoms with Crippen LogP contribution in [0.3, 0.4) is 0 Å². The normalized spacial score (nSPS) is 11.8. The number of carbonyl (C=O) groups is 1. The van der Waals surface area contributed by atoms with Gasteiger partial charge in [-0.15, -0.1) is 0 Å². The van der Waals surface area contributed by atoms with Crippen LogP contribution in [0.4, 0.5) is 0 Å². The largest absolute Gasteiger partial charge is 0.491 e. The first-order valence-electron chi connectivity index (χ1n) is 6.34. The van der Waals surface area contributed by atoms with Gasteiger partial charge in [0.15, 0.2) is 0 Å². The molecule has 3 N–H and O–H groups in total. The minimum atomic E-state index is -0.614. The second-order valence-corrected chi connectivity index (χ2v) is 4.48. The summed E-state index contributed by atoms with van der Waals surface area (Å²) in [7, 11) is 0. The summed E-state index contributed by atoms with van der Waals surface area (Å²) < 4.78 is 5.53. The molecule has 1 atom stereocenters. The van der Waals surface area contributed by atoms with Gasteiger partial charge in [0.2, 0.25) is 5.91 Å². The molecule has 0 heterocycles. The minimum absolute atomic E-state index is 0.0924. The molecular formula is C13H19N5O2. The molecule has 0 aliphatic rings. The maximum absolute atomic E-state index is 11.5. The standard InChI is InChI=1S/C13H19N5O2/c1-9(2)20-11-5-3-10(4-6-11)12(13(14)19)16-7-8-17-18-15/h3-6,9,12,16H,7-8H2,1-2H3,(H2,14,19). The Kier molecular flexibility index (Phi) is 6.36. The minimum Gasteiger partial charge on any atom is -0.491 e. The summed E-state index contributed by atoms with van der Waals surface area (Å²) >= 11 is 0. The number of primary amides is 1. The molecule has 1 rings (SSSR count). The molecule has 108 valence electrons. The van der Waals surface area contributed by atoms with Crippen molar-refractivity contribution >= 4 is 5.91 Å². The van der Waals surface area contributed by atoms with E-state index in [9.17, 15) is 4.79 Å². The molecule has 1 unspecified atom stereocenters. The van der Waals surface area contributed by atoms with E-state index in [0.717, 1.165) is 11.3 Å². The van der Waals surface area contributed by atoms with E-state index in [1.54, 1.807) is 24.3 Å². The molecule has 0 aromatic heterocycles. The highest BCUT2D eigenvalue weighted by molar-refractivity contribution is 5.81. The molecule has 0 saturated carbocycles. The second kappa shape index (κ2) is 8.04. The van der Waals surface area contributed by atoms with E-state index in [-0.39, 0.29) is 12.6 Å². The Morgan fingerprint density at radius 3 is 2.60 bits per heavy atom. The lowest BCUT2D eigenvalue weighted by atomic mass is 10.1. The number of azide groups is 1. The van der Waals surface area contributed by atoms with Crippen LogP contribution in [-0.2, 0) is 4.79 Å². The smallest absolute Gasteiger partial charge is 0.239 e. The molecular weight excluding hydrogens is 258 g/mol. The third-order valence-electron chi connectivity index (χ3n) is 2.49. The van der Waals surface area contributed by atoms with E-state index in [1.165, 1.54) is 0 Å². The number of nitrogens with two attached hydrogens (primary N) is 1. The molecule has 0 spiro atoms. The number of nitrogens with zero attached hydrogens (tertiary/aromatic N) is 3. The van der Waals surface area contributed by atoms with Gasteiger partial charge in [-0.2, -0.15) is 0 Å². The monoisotopic (exact) mass is 277 g/mol. The third kappa shape index (κ3) is 5.17. The summed E-state index contributed by atoms with van der Waals surface area (Å²) in [5.41, 5.74) is 14.3. The van der Waals surface area contributed by atoms with Crippen LogP contribution < -0.4 is 15.8 Å². The lowest BCUT2D eigenvalue weighted by Gasteiger charge is -2.16. The van der Waals surface area contributed by atoms with Gasteiger partial charge in [0, 0.05) is 18.0 Å². The molecule has 1 aromatic rings. The van der Waals surface area contributed by atoms with Crippen molar-refractivity contribution in [3.8, 4) is 5.75 Å². The molecule has 0 aliphatic carbocycles. The number of benzene rings is 1. The number of hydrogen-bond donors (Lipinski definition) is 2. The highest BCUT2D eigenvalue weighted by atomic mass is 16.5. The van der Waals surface area contributed by atoms with Crippen LogP contribution in [0, 0.1) is 0 Å². The Morgan fingerprint density at radius 2 is 2.10 bits per heavy atom. The van der Waals surface area contributed by atoms with Crippen LogP contribution in [-0.4, -0.2) is 25.1 Å². The summed E-state index contributed by atoms with van der Waals surface area (Å²) in [6, 6.07) is 6.54. The Morgan fingerprint density at radius 1 is 1.45 bits per heavy atom. The van der Waals surface area contributed by atoms with Crippen molar-refractivity contribution in [3.63, 3.8) is 0 Å². The van der Waals surface area contributed by atoms with Crippen molar-refractivity contribution in [1.29, 1.82) is 0 Å². The van der Waals surface area contributed by atoms with Crippen LogP contribution in [0.25, 0.3) is 10.4 Å². The van der Waals surface area contributed by atoms with Crippen molar-refractivity contribution in [3.05, 3.63) is 40.3 Å². The third-order valence-corrected chi connectivity index (χ3v) is 2.49. The van der Waals surface area contributed by atoms with Crippen molar-refractivity contribution in [2.24, 2.45) is 10.8 Å². The van der Waals surface area contributed by atoms with Gasteiger partial charge in [-0.05, 0) is 37.1 Å². The molecule has 1 aromatic carbocycles. The SMILES string of the molecule is CC(C)Oc1ccc(C(NCCN=[N+]=[N-])C(N)=O)cc1. The average molecular weight is 277 g/mol. The van der Waals surface area contributed by atoms with Gasteiger partial charge >= 0.3 is 0 Å². The van der Waals surface area contributed by atoms with Gasteiger partial charge in [0.1, 0.15) is 11.8 Å². The van der Waals surface area contributed by atoms with Gasteiger partial charge in [-0.1, -0.05) is 17.2 Å². The van der Waals surface area contributed by atoms with E-state index < -0.39 is 11.9 Å². The van der Waals surface area contributed by atoms with Crippen LogP contribution >= 0.6 is 0 Å². The molecule has 0 bridgehead atoms. The van der Waals surface area contributed by atoms with Gasteiger partial charge in [-0.3, -0.25) is 4.79 Å². The molecule has 0 radical (unpaired) electrons. The first kappa shape index (κ1) is 15.8. The summed E-state index contributed by atoms with van der Waals surface area (Å²) in [6.45, 7) is 4.52. The van der Waals surface area contributed by atoms with E-state index in [1.807, 2.05) is 13.8 Å². The van der Waals surface area contributed by atoms with Crippen molar-refractivity contribution in [2.75, 3.05) is 13.1 Å². The lowest BCUT2D eigenvalue weighted by molar-refractivity contribution is -0.120. The van der Waals surface area contributed by atoms with Crippen molar-refractivity contribution < 1.29 is 9.53 Å². The van der Waals surface area contributed by atoms with Crippen molar-refractivity contribution in [2.45, 2.75) is 26.0 Å². The summed E-state index contributed by atoms with van der Waals surface area (Å²) in [5, 5.41) is 6.34. The molecule has 7 heteroatoms. The second-order valence-electron chi connectivity index (χ2n) is 4.48. The molecule has 0 saturated heterocycles. The zero-order chi connectivity index (χ0) is 15.0. The Bertz CT molecular complexity index is 480. The molecule has 20 heavy (non-hydrogen) atoms. The van der Waals surface area contributed by atoms with Crippen LogP contribution in [0.1, 0.15) is 25.5 Å². The van der Waals surface area contributed by atoms with Gasteiger partial charge in [-0.25, -0.2) is 0 Å². The fourth-order valence-electron chi connectivity index (χ4n) is 1.70. The zero-order valence-corrected chi connectivity index (χ0v) is 11.6. The van der Waals surface area contributed by atoms with Crippen LogP contribution in [0.15, 0.2) is 29.4 Å². The number of rotatable bonds is 8. The van der Waals surface area contributed by atoms with Gasteiger partial charge < -0.3 is 15.8 Å². The molecule has 0 fully saturated rings. The summed E-state index contributed by atoms with van der Waals surface area (Å²) in [5.74, 6) is 0.254. The Labute approximate surface area is 117 Å². The maximum Gasteiger partial charge on any atom is 0.239 e. The molecule has 7 nitrogen and oxygen atoms in total. The summed E-state index contributed by atoms with van der Waals surface area (Å²) in [4.78, 5) is 14.1. The number of ether oxygens (including phenoxy) is 1. The van der Waals surface area contributed by atoms with E-state index in [2.05, 4.69) is 15.3 Å². The fraction of sp³-hybridized carbons (Fsp3) is 0.462. The number of hydrogen-bond acceptors (Lipinski definition) is 4. The molecule has 0 aliphatic heterocycles. The van der Waals surface area contributed by atoms with Crippen LogP contribution in [0.2, 0.25) is 0 Å². The lowest BCUT2D eigenvalue weighted by Crippen LogP contribution is -2.34. The Hall–Kier alpha value is -2.24. The van der Waals surface area contributed by atoms with E-state index >= 15 is 0 Å². The van der Waals surface area contributed by atoms with E-state index in [4.69, 9.17) is 16.0 Å². The first-order valence-corrected chi connectivity index (χ1v) is 6.34. The fourth-order valence-corrected chi connectivity index (χ4v) is 1.70. The highest BCUT2D eigenvalue weighted by Gasteiger charge is 2.16. The zero-order valence-electron chi connectivity index (χ0n) is 11.6. The Balaban J connectivity index is 2.71. The predicted octanol–water partition coefficient (Wildman–Crippen LogP) is 1.90. The van der Waals surface area contributed by atoms with Gasteiger partial charge in [0.05, 0.1) is 6.10 Å². The van der Waals surface area contributed by atoms with Crippen LogP contribution in [0.5, 0.6) is 5.75 Å². The summed E-state index contributed by atoms with van der Waals surface area (Å²) in [6.07, 6.45) is 0.0924. The number of carbonyl (C=O) groups excluding carboxylic acids is 1. The topological polar surface area (TPSA) is 113 Å². The number of nitrogens with one attached hydrogen (secondary N) is 1. The molecule has 1 amide bonds. The van der Waals surface area contributed by atoms with E-state index in [0.29, 0.717) is 6.54 Å². The van der Waals surface area contributed by atoms with Gasteiger partial charge in [0.25, 0.3) is 0 Å². The number of amides is 1. The van der Waals surface area contributed by atoms with Crippen molar-refractivity contribution in [1.82, 2.24) is 5.32 Å². The predicted molar refractivity (Wildman–Crippen MR) is 76.2 cm³/mol. The quantitative estimate of drug-likeness (QED) is 0.327. The highest BCUT2D eigenvalue weighted by Crippen LogP contribution is 2.18. The first-order chi connectivity index (χ1) is 9.54. The maximum atomic E-state index is 11.5. The average Bonchev–Trinajstić information content (AvgIpc) is 2.39.